The molecule has 4 bridgehead atoms. The van der Waals surface area contributed by atoms with Crippen molar-refractivity contribution in [3.8, 4) is 17.1 Å². The van der Waals surface area contributed by atoms with Gasteiger partial charge in [-0.2, -0.15) is 4.98 Å². The molecule has 1 saturated heterocycles. The van der Waals surface area contributed by atoms with Gasteiger partial charge in [-0.15, -0.1) is 0 Å². The van der Waals surface area contributed by atoms with Crippen LogP contribution in [0, 0.1) is 19.3 Å². The van der Waals surface area contributed by atoms with E-state index in [9.17, 15) is 17.6 Å². The van der Waals surface area contributed by atoms with Crippen LogP contribution in [0.5, 0.6) is 5.88 Å². The number of sulfonamides is 1. The molecule has 0 spiro atoms. The van der Waals surface area contributed by atoms with Crippen LogP contribution < -0.4 is 14.4 Å². The number of alkyl halides is 1. The highest BCUT2D eigenvalue weighted by molar-refractivity contribution is 7.92. The number of hydrogen-bond donors (Lipinski definition) is 1. The number of rotatable bonds is 5. The zero-order valence-electron chi connectivity index (χ0n) is 29.4. The summed E-state index contributed by atoms with van der Waals surface area (Å²) in [4.78, 5) is 36.3. The molecule has 1 N–H and O–H groups in total. The summed E-state index contributed by atoms with van der Waals surface area (Å²) in [5.74, 6) is 0.0432. The van der Waals surface area contributed by atoms with Crippen LogP contribution in [0.25, 0.3) is 11.3 Å². The lowest BCUT2D eigenvalue weighted by Gasteiger charge is -2.36. The summed E-state index contributed by atoms with van der Waals surface area (Å²) in [6.45, 7) is 13.1. The molecule has 0 aliphatic carbocycles. The van der Waals surface area contributed by atoms with Gasteiger partial charge in [0, 0.05) is 30.3 Å². The smallest absolute Gasteiger partial charge is 0.264 e. The third kappa shape index (κ3) is 8.04. The molecule has 0 radical (unpaired) electrons. The Hall–Kier alpha value is -4.65. The predicted octanol–water partition coefficient (Wildman–Crippen LogP) is 6.52. The first-order valence-corrected chi connectivity index (χ1v) is 18.3. The van der Waals surface area contributed by atoms with Crippen LogP contribution in [0.4, 0.5) is 16.0 Å². The molecule has 50 heavy (non-hydrogen) atoms. The molecule has 1 atom stereocenters. The number of nitrogens with zero attached hydrogens (tertiary/aromatic N) is 6. The number of piperidine rings is 1. The molecule has 2 aromatic heterocycles. The number of ether oxygens (including phenoxy) is 1. The zero-order valence-corrected chi connectivity index (χ0v) is 30.2. The van der Waals surface area contributed by atoms with Crippen LogP contribution >= 0.6 is 0 Å². The number of carbonyl (C=O) groups is 1. The van der Waals surface area contributed by atoms with Gasteiger partial charge in [0.05, 0.1) is 41.3 Å². The molecular weight excluding hydrogens is 658 g/mol. The molecule has 6 rings (SSSR count). The summed E-state index contributed by atoms with van der Waals surface area (Å²) in [5.41, 5.74) is 2.85. The number of carbonyl (C=O) groups excluding carboxylic acids is 1. The fraction of sp³-hybridized carbons (Fsp3) is 0.432. The molecule has 1 fully saturated rings. The topological polar surface area (TPSA) is 131 Å². The highest BCUT2D eigenvalue weighted by Crippen LogP contribution is 2.32. The maximum Gasteiger partial charge on any atom is 0.264 e. The monoisotopic (exact) mass is 701 g/mol. The van der Waals surface area contributed by atoms with Crippen LogP contribution in [-0.4, -0.2) is 70.6 Å². The Morgan fingerprint density at radius 2 is 1.66 bits per heavy atom. The minimum atomic E-state index is -4.20. The van der Waals surface area contributed by atoms with E-state index < -0.39 is 21.7 Å². The van der Waals surface area contributed by atoms with Crippen molar-refractivity contribution >= 4 is 27.6 Å². The van der Waals surface area contributed by atoms with Gasteiger partial charge >= 0.3 is 0 Å². The molecule has 13 heteroatoms. The van der Waals surface area contributed by atoms with Crippen molar-refractivity contribution < 1.29 is 22.3 Å². The molecule has 0 saturated carbocycles. The largest absolute Gasteiger partial charge is 0.475 e. The van der Waals surface area contributed by atoms with E-state index >= 15 is 0 Å². The lowest BCUT2D eigenvalue weighted by atomic mass is 9.87. The second kappa shape index (κ2) is 13.6. The van der Waals surface area contributed by atoms with Crippen molar-refractivity contribution in [3.05, 3.63) is 83.4 Å². The summed E-state index contributed by atoms with van der Waals surface area (Å²) in [6.07, 6.45) is 4.82. The van der Waals surface area contributed by atoms with Crippen molar-refractivity contribution in [2.75, 3.05) is 29.3 Å². The van der Waals surface area contributed by atoms with Gasteiger partial charge in [0.25, 0.3) is 15.9 Å². The number of halogens is 1. The molecule has 2 aliphatic rings. The van der Waals surface area contributed by atoms with Crippen molar-refractivity contribution in [1.82, 2.24) is 24.8 Å². The second-order valence-corrected chi connectivity index (χ2v) is 16.4. The van der Waals surface area contributed by atoms with Crippen molar-refractivity contribution in [2.45, 2.75) is 84.0 Å². The lowest BCUT2D eigenvalue weighted by molar-refractivity contribution is 0.0505. The minimum Gasteiger partial charge on any atom is -0.475 e. The number of benzene rings is 2. The summed E-state index contributed by atoms with van der Waals surface area (Å²) in [5, 5.41) is 0. The summed E-state index contributed by atoms with van der Waals surface area (Å²) in [6, 6.07) is 13.0. The van der Waals surface area contributed by atoms with Gasteiger partial charge < -0.3 is 14.5 Å². The highest BCUT2D eigenvalue weighted by atomic mass is 32.2. The van der Waals surface area contributed by atoms with E-state index in [0.717, 1.165) is 22.4 Å². The van der Waals surface area contributed by atoms with Gasteiger partial charge in [0.1, 0.15) is 18.1 Å². The molecule has 4 aromatic rings. The Morgan fingerprint density at radius 3 is 2.32 bits per heavy atom. The highest BCUT2D eigenvalue weighted by Gasteiger charge is 2.33. The van der Waals surface area contributed by atoms with Crippen LogP contribution in [-0.2, 0) is 16.6 Å². The Kier molecular flexibility index (Phi) is 9.55. The Morgan fingerprint density at radius 1 is 1.00 bits per heavy atom. The SMILES string of the molecule is Cc1cccc(C)c1-c1cc2nc(n1)NS(=O)(=O)c1cccc(c1)C(=O)N(Cc1ncc(N3CCC(C)(F)CC3)cn1)[C@H](CC(C)(C)C)CO2. The zero-order chi connectivity index (χ0) is 35.8. The quantitative estimate of drug-likeness (QED) is 0.247. The minimum absolute atomic E-state index is 0.0453. The van der Waals surface area contributed by atoms with E-state index in [2.05, 4.69) is 50.3 Å². The maximum atomic E-state index is 14.4. The average molecular weight is 702 g/mol. The van der Waals surface area contributed by atoms with Crippen LogP contribution in [0.3, 0.4) is 0 Å². The van der Waals surface area contributed by atoms with Crippen LogP contribution in [0.15, 0.2) is 65.8 Å². The fourth-order valence-corrected chi connectivity index (χ4v) is 7.51. The van der Waals surface area contributed by atoms with E-state index in [1.165, 1.54) is 12.1 Å². The standard InChI is InChI=1S/C37H44FN7O4S/c1-24-9-7-10-25(2)33(24)30-18-32-42-35(41-30)43-50(47,48)29-12-8-11-26(17-29)34(46)45(27(23-49-32)19-36(3,4)5)22-31-39-20-28(21-40-31)44-15-13-37(6,38)14-16-44/h7-12,17-18,20-21,27H,13-16,19,22-23H2,1-6H3,(H,41,42,43)/t27-/m1/s1. The maximum absolute atomic E-state index is 14.4. The third-order valence-corrected chi connectivity index (χ3v) is 10.5. The van der Waals surface area contributed by atoms with E-state index in [4.69, 9.17) is 4.74 Å². The van der Waals surface area contributed by atoms with Crippen LogP contribution in [0.1, 0.15) is 74.3 Å². The number of hydrogen-bond acceptors (Lipinski definition) is 9. The first-order chi connectivity index (χ1) is 23.6. The Balaban J connectivity index is 1.41. The fourth-order valence-electron chi connectivity index (χ4n) is 6.52. The first-order valence-electron chi connectivity index (χ1n) is 16.8. The van der Waals surface area contributed by atoms with Gasteiger partial charge in [0.2, 0.25) is 11.8 Å². The normalized spacial score (nSPS) is 19.0. The van der Waals surface area contributed by atoms with Gasteiger partial charge in [-0.1, -0.05) is 45.0 Å². The van der Waals surface area contributed by atoms with Gasteiger partial charge in [-0.05, 0) is 74.8 Å². The third-order valence-electron chi connectivity index (χ3n) is 9.20. The molecule has 264 valence electrons. The summed E-state index contributed by atoms with van der Waals surface area (Å²) in [7, 11) is -4.20. The average Bonchev–Trinajstić information content (AvgIpc) is 3.05. The number of fused-ring (bicyclic) bond motifs is 4. The number of aryl methyl sites for hydroxylation is 2. The number of aromatic nitrogens is 4. The van der Waals surface area contributed by atoms with E-state index in [1.807, 2.05) is 32.0 Å². The van der Waals surface area contributed by atoms with Crippen LogP contribution in [0.2, 0.25) is 0 Å². The number of amides is 1. The van der Waals surface area contributed by atoms with E-state index in [-0.39, 0.29) is 46.8 Å². The molecular formula is C37H44FN7O4S. The molecule has 11 nitrogen and oxygen atoms in total. The van der Waals surface area contributed by atoms with Gasteiger partial charge in [-0.3, -0.25) is 4.79 Å². The summed E-state index contributed by atoms with van der Waals surface area (Å²) >= 11 is 0. The van der Waals surface area contributed by atoms with E-state index in [1.54, 1.807) is 42.4 Å². The predicted molar refractivity (Wildman–Crippen MR) is 190 cm³/mol. The second-order valence-electron chi connectivity index (χ2n) is 14.7. The molecule has 4 heterocycles. The van der Waals surface area contributed by atoms with Gasteiger partial charge in [0.15, 0.2) is 0 Å². The molecule has 0 unspecified atom stereocenters. The summed E-state index contributed by atoms with van der Waals surface area (Å²) < 4.78 is 50.7. The van der Waals surface area contributed by atoms with Crippen molar-refractivity contribution in [3.63, 3.8) is 0 Å². The molecule has 2 aromatic carbocycles. The number of nitrogens with one attached hydrogen (secondary N) is 1. The number of anilines is 2. The first kappa shape index (κ1) is 35.2. The Bertz CT molecular complexity index is 1970. The van der Waals surface area contributed by atoms with Crippen molar-refractivity contribution in [2.24, 2.45) is 5.41 Å². The molecule has 1 amide bonds. The Labute approximate surface area is 293 Å². The van der Waals surface area contributed by atoms with Gasteiger partial charge in [-0.25, -0.2) is 32.5 Å². The van der Waals surface area contributed by atoms with Crippen molar-refractivity contribution in [1.29, 1.82) is 0 Å². The lowest BCUT2D eigenvalue weighted by Crippen LogP contribution is -2.45. The van der Waals surface area contributed by atoms with E-state index in [0.29, 0.717) is 43.9 Å². The molecule has 2 aliphatic heterocycles.